The van der Waals surface area contributed by atoms with E-state index in [2.05, 4.69) is 24.3 Å². The van der Waals surface area contributed by atoms with Crippen molar-refractivity contribution < 1.29 is 9.90 Å². The molecule has 1 atom stereocenters. The van der Waals surface area contributed by atoms with Crippen molar-refractivity contribution in [2.75, 3.05) is 13.2 Å². The van der Waals surface area contributed by atoms with Gasteiger partial charge in [0.25, 0.3) is 0 Å². The molecule has 1 unspecified atom stereocenters. The molecule has 0 bridgehead atoms. The van der Waals surface area contributed by atoms with E-state index in [4.69, 9.17) is 5.11 Å². The summed E-state index contributed by atoms with van der Waals surface area (Å²) in [6, 6.07) is 0. The van der Waals surface area contributed by atoms with E-state index in [0.29, 0.717) is 18.4 Å². The van der Waals surface area contributed by atoms with Gasteiger partial charge in [0.05, 0.1) is 6.20 Å². The van der Waals surface area contributed by atoms with Crippen molar-refractivity contribution >= 4 is 12.0 Å². The van der Waals surface area contributed by atoms with Crippen LogP contribution in [0.4, 0.5) is 0 Å². The van der Waals surface area contributed by atoms with Gasteiger partial charge >= 0.3 is 0 Å². The Labute approximate surface area is 127 Å². The first kappa shape index (κ1) is 17.4. The van der Waals surface area contributed by atoms with Crippen molar-refractivity contribution in [3.05, 3.63) is 23.5 Å². The van der Waals surface area contributed by atoms with Gasteiger partial charge in [-0.15, -0.1) is 0 Å². The summed E-state index contributed by atoms with van der Waals surface area (Å²) >= 11 is 0. The summed E-state index contributed by atoms with van der Waals surface area (Å²) in [5.41, 5.74) is 1.97. The largest absolute Gasteiger partial charge is 0.396 e. The lowest BCUT2D eigenvalue weighted by molar-refractivity contribution is -0.116. The fraction of sp³-hybridized carbons (Fsp3) is 0.625. The molecule has 1 rings (SSSR count). The molecule has 5 nitrogen and oxygen atoms in total. The van der Waals surface area contributed by atoms with Crippen LogP contribution in [-0.4, -0.2) is 33.9 Å². The van der Waals surface area contributed by atoms with Crippen molar-refractivity contribution in [1.29, 1.82) is 0 Å². The number of hydrogen-bond donors (Lipinski definition) is 2. The van der Waals surface area contributed by atoms with E-state index in [1.807, 2.05) is 14.0 Å². The quantitative estimate of drug-likeness (QED) is 0.719. The zero-order chi connectivity index (χ0) is 15.8. The third-order valence-electron chi connectivity index (χ3n) is 3.59. The van der Waals surface area contributed by atoms with Gasteiger partial charge in [0.15, 0.2) is 0 Å². The van der Waals surface area contributed by atoms with Crippen LogP contribution in [0.15, 0.2) is 12.3 Å². The fourth-order valence-corrected chi connectivity index (χ4v) is 2.30. The van der Waals surface area contributed by atoms with Crippen molar-refractivity contribution in [3.63, 3.8) is 0 Å². The van der Waals surface area contributed by atoms with Crippen LogP contribution in [0.3, 0.4) is 0 Å². The lowest BCUT2D eigenvalue weighted by atomic mass is 9.94. The lowest BCUT2D eigenvalue weighted by Crippen LogP contribution is -2.29. The van der Waals surface area contributed by atoms with E-state index in [0.717, 1.165) is 24.1 Å². The number of rotatable bonds is 8. The van der Waals surface area contributed by atoms with Gasteiger partial charge in [-0.25, -0.2) is 0 Å². The van der Waals surface area contributed by atoms with E-state index in [1.54, 1.807) is 17.0 Å². The highest BCUT2D eigenvalue weighted by atomic mass is 16.3. The fourth-order valence-electron chi connectivity index (χ4n) is 2.30. The highest BCUT2D eigenvalue weighted by Crippen LogP contribution is 2.14. The summed E-state index contributed by atoms with van der Waals surface area (Å²) in [6.45, 7) is 7.03. The van der Waals surface area contributed by atoms with E-state index in [9.17, 15) is 4.79 Å². The van der Waals surface area contributed by atoms with Crippen molar-refractivity contribution in [1.82, 2.24) is 15.1 Å². The molecular weight excluding hydrogens is 266 g/mol. The second-order valence-electron chi connectivity index (χ2n) is 5.90. The maximum absolute atomic E-state index is 11.8. The standard InChI is InChI=1S/C16H27N3O2/c1-12(2)9-14(7-8-20)10-17-16(21)6-5-15-11-18-19(4)13(15)3/h5-6,11-12,14,20H,7-10H2,1-4H3,(H,17,21)/b6-5+. The number of aromatic nitrogens is 2. The number of carbonyl (C=O) groups excluding carboxylic acids is 1. The molecule has 2 N–H and O–H groups in total. The van der Waals surface area contributed by atoms with Crippen LogP contribution in [0.5, 0.6) is 0 Å². The number of aliphatic hydroxyl groups is 1. The van der Waals surface area contributed by atoms with Crippen LogP contribution in [0.1, 0.15) is 37.9 Å². The molecule has 0 aliphatic rings. The third-order valence-corrected chi connectivity index (χ3v) is 3.59. The Morgan fingerprint density at radius 1 is 1.52 bits per heavy atom. The van der Waals surface area contributed by atoms with Gasteiger partial charge in [-0.2, -0.15) is 5.10 Å². The number of aliphatic hydroxyl groups excluding tert-OH is 1. The van der Waals surface area contributed by atoms with E-state index in [-0.39, 0.29) is 12.5 Å². The van der Waals surface area contributed by atoms with Crippen LogP contribution < -0.4 is 5.32 Å². The third kappa shape index (κ3) is 6.12. The molecule has 1 amide bonds. The van der Waals surface area contributed by atoms with Crippen LogP contribution >= 0.6 is 0 Å². The highest BCUT2D eigenvalue weighted by Gasteiger charge is 2.11. The number of aryl methyl sites for hydroxylation is 1. The summed E-state index contributed by atoms with van der Waals surface area (Å²) in [4.78, 5) is 11.8. The molecule has 0 aliphatic carbocycles. The average molecular weight is 293 g/mol. The molecule has 1 heterocycles. The molecule has 0 aromatic carbocycles. The summed E-state index contributed by atoms with van der Waals surface area (Å²) < 4.78 is 1.78. The smallest absolute Gasteiger partial charge is 0.244 e. The summed E-state index contributed by atoms with van der Waals surface area (Å²) in [7, 11) is 1.87. The first-order valence-corrected chi connectivity index (χ1v) is 7.49. The molecule has 0 radical (unpaired) electrons. The first-order chi connectivity index (χ1) is 9.93. The van der Waals surface area contributed by atoms with Crippen molar-refractivity contribution in [3.8, 4) is 0 Å². The second kappa shape index (κ2) is 8.62. The molecule has 1 aromatic rings. The Balaban J connectivity index is 2.47. The molecule has 118 valence electrons. The monoisotopic (exact) mass is 293 g/mol. The number of hydrogen-bond acceptors (Lipinski definition) is 3. The van der Waals surface area contributed by atoms with Crippen LogP contribution in [0.25, 0.3) is 6.08 Å². The van der Waals surface area contributed by atoms with E-state index >= 15 is 0 Å². The van der Waals surface area contributed by atoms with Crippen molar-refractivity contribution in [2.24, 2.45) is 18.9 Å². The number of amides is 1. The van der Waals surface area contributed by atoms with Crippen LogP contribution in [-0.2, 0) is 11.8 Å². The summed E-state index contributed by atoms with van der Waals surface area (Å²) in [6.07, 6.45) is 6.79. The SMILES string of the molecule is Cc1c(/C=C/C(=O)NCC(CCO)CC(C)C)cnn1C. The molecule has 5 heteroatoms. The summed E-state index contributed by atoms with van der Waals surface area (Å²) in [5, 5.41) is 16.1. The van der Waals surface area contributed by atoms with Crippen LogP contribution in [0.2, 0.25) is 0 Å². The van der Waals surface area contributed by atoms with Gasteiger partial charge in [-0.1, -0.05) is 13.8 Å². The van der Waals surface area contributed by atoms with Gasteiger partial charge in [0.2, 0.25) is 5.91 Å². The second-order valence-corrected chi connectivity index (χ2v) is 5.90. The van der Waals surface area contributed by atoms with Crippen molar-refractivity contribution in [2.45, 2.75) is 33.6 Å². The normalized spacial score (nSPS) is 13.0. The minimum absolute atomic E-state index is 0.107. The molecule has 0 saturated carbocycles. The maximum Gasteiger partial charge on any atom is 0.244 e. The molecule has 0 saturated heterocycles. The predicted octanol–water partition coefficient (Wildman–Crippen LogP) is 1.90. The number of carbonyl (C=O) groups is 1. The number of nitrogens with one attached hydrogen (secondary N) is 1. The minimum Gasteiger partial charge on any atom is -0.396 e. The van der Waals surface area contributed by atoms with E-state index < -0.39 is 0 Å². The van der Waals surface area contributed by atoms with Gasteiger partial charge < -0.3 is 10.4 Å². The average Bonchev–Trinajstić information content (AvgIpc) is 2.73. The molecular formula is C16H27N3O2. The lowest BCUT2D eigenvalue weighted by Gasteiger charge is -2.18. The highest BCUT2D eigenvalue weighted by molar-refractivity contribution is 5.91. The predicted molar refractivity (Wildman–Crippen MR) is 84.6 cm³/mol. The van der Waals surface area contributed by atoms with Gasteiger partial charge in [-0.05, 0) is 37.7 Å². The Bertz CT molecular complexity index is 478. The minimum atomic E-state index is -0.107. The Morgan fingerprint density at radius 2 is 2.24 bits per heavy atom. The molecule has 21 heavy (non-hydrogen) atoms. The van der Waals surface area contributed by atoms with Gasteiger partial charge in [0.1, 0.15) is 0 Å². The number of nitrogens with zero attached hydrogens (tertiary/aromatic N) is 2. The Kier molecular flexibility index (Phi) is 7.15. The first-order valence-electron chi connectivity index (χ1n) is 7.49. The zero-order valence-electron chi connectivity index (χ0n) is 13.5. The molecule has 0 fully saturated rings. The summed E-state index contributed by atoms with van der Waals surface area (Å²) in [5.74, 6) is 0.782. The molecule has 0 aliphatic heterocycles. The topological polar surface area (TPSA) is 67.2 Å². The van der Waals surface area contributed by atoms with Gasteiger partial charge in [-0.3, -0.25) is 9.48 Å². The van der Waals surface area contributed by atoms with Gasteiger partial charge in [0, 0.05) is 37.5 Å². The Morgan fingerprint density at radius 3 is 2.76 bits per heavy atom. The zero-order valence-corrected chi connectivity index (χ0v) is 13.5. The van der Waals surface area contributed by atoms with Crippen LogP contribution in [0, 0.1) is 18.8 Å². The molecule has 1 aromatic heterocycles. The molecule has 0 spiro atoms. The van der Waals surface area contributed by atoms with E-state index in [1.165, 1.54) is 6.08 Å². The maximum atomic E-state index is 11.8. The Hall–Kier alpha value is -1.62.